The van der Waals surface area contributed by atoms with E-state index in [4.69, 9.17) is 4.74 Å². The molecule has 0 N–H and O–H groups in total. The van der Waals surface area contributed by atoms with Gasteiger partial charge in [0.2, 0.25) is 0 Å². The lowest BCUT2D eigenvalue weighted by molar-refractivity contribution is 0.0263. The highest BCUT2D eigenvalue weighted by molar-refractivity contribution is 5.94. The average Bonchev–Trinajstić information content (AvgIpc) is 3.07. The van der Waals surface area contributed by atoms with Crippen molar-refractivity contribution in [1.29, 1.82) is 0 Å². The van der Waals surface area contributed by atoms with Crippen LogP contribution in [0.3, 0.4) is 0 Å². The number of piperidine rings is 1. The third-order valence-corrected chi connectivity index (χ3v) is 5.54. The van der Waals surface area contributed by atoms with Gasteiger partial charge in [-0.2, -0.15) is 0 Å². The maximum absolute atomic E-state index is 14.3. The Morgan fingerprint density at radius 3 is 2.68 bits per heavy atom. The van der Waals surface area contributed by atoms with E-state index in [2.05, 4.69) is 4.90 Å². The second-order valence-electron chi connectivity index (χ2n) is 7.14. The van der Waals surface area contributed by atoms with E-state index in [1.165, 1.54) is 4.90 Å². The number of benzene rings is 1. The molecule has 4 rings (SSSR count). The third kappa shape index (κ3) is 2.83. The van der Waals surface area contributed by atoms with E-state index in [9.17, 15) is 18.0 Å². The first-order valence-corrected chi connectivity index (χ1v) is 8.67. The predicted molar refractivity (Wildman–Crippen MR) is 85.3 cm³/mol. The lowest BCUT2D eigenvalue weighted by Gasteiger charge is -2.28. The summed E-state index contributed by atoms with van der Waals surface area (Å²) in [5, 5.41) is 0. The lowest BCUT2D eigenvalue weighted by atomic mass is 10.1. The SMILES string of the molecule is O=C(c1cccc(CN2CCOCC2)c1)N1CCC2C(F)(F)C2(F)C1. The fourth-order valence-corrected chi connectivity index (χ4v) is 3.94. The van der Waals surface area contributed by atoms with Gasteiger partial charge in [-0.15, -0.1) is 0 Å². The lowest BCUT2D eigenvalue weighted by Crippen LogP contribution is -2.43. The van der Waals surface area contributed by atoms with Crippen LogP contribution in [0.25, 0.3) is 0 Å². The van der Waals surface area contributed by atoms with Gasteiger partial charge in [-0.1, -0.05) is 12.1 Å². The number of alkyl halides is 3. The Bertz CT molecular complexity index is 678. The summed E-state index contributed by atoms with van der Waals surface area (Å²) in [5.74, 6) is -4.89. The molecule has 3 fully saturated rings. The van der Waals surface area contributed by atoms with Gasteiger partial charge >= 0.3 is 0 Å². The van der Waals surface area contributed by atoms with Crippen molar-refractivity contribution in [3.63, 3.8) is 0 Å². The third-order valence-electron chi connectivity index (χ3n) is 5.54. The average molecular weight is 354 g/mol. The molecular formula is C18H21F3N2O2. The maximum atomic E-state index is 14.3. The molecule has 136 valence electrons. The molecule has 2 aliphatic heterocycles. The van der Waals surface area contributed by atoms with Crippen molar-refractivity contribution in [3.05, 3.63) is 35.4 Å². The highest BCUT2D eigenvalue weighted by atomic mass is 19.3. The molecule has 0 spiro atoms. The molecule has 2 unspecified atom stereocenters. The van der Waals surface area contributed by atoms with Crippen molar-refractivity contribution in [2.45, 2.75) is 24.6 Å². The van der Waals surface area contributed by atoms with E-state index in [1.807, 2.05) is 6.07 Å². The first kappa shape index (κ1) is 16.8. The largest absolute Gasteiger partial charge is 0.379 e. The number of hydrogen-bond donors (Lipinski definition) is 0. The minimum absolute atomic E-state index is 0.0166. The molecule has 0 bridgehead atoms. The number of fused-ring (bicyclic) bond motifs is 1. The smallest absolute Gasteiger partial charge is 0.289 e. The van der Waals surface area contributed by atoms with Crippen LogP contribution in [0.2, 0.25) is 0 Å². The van der Waals surface area contributed by atoms with E-state index in [0.29, 0.717) is 25.3 Å². The van der Waals surface area contributed by atoms with Gasteiger partial charge in [0, 0.05) is 31.7 Å². The molecule has 1 aromatic rings. The first-order chi connectivity index (χ1) is 11.9. The molecule has 1 aliphatic carbocycles. The molecule has 25 heavy (non-hydrogen) atoms. The Morgan fingerprint density at radius 1 is 1.20 bits per heavy atom. The second kappa shape index (κ2) is 5.99. The molecule has 3 aliphatic rings. The maximum Gasteiger partial charge on any atom is 0.289 e. The Morgan fingerprint density at radius 2 is 1.96 bits per heavy atom. The summed E-state index contributed by atoms with van der Waals surface area (Å²) in [6.45, 7) is 3.43. The summed E-state index contributed by atoms with van der Waals surface area (Å²) in [6, 6.07) is 7.16. The Balaban J connectivity index is 1.44. The van der Waals surface area contributed by atoms with Crippen LogP contribution in [0, 0.1) is 5.92 Å². The van der Waals surface area contributed by atoms with E-state index >= 15 is 0 Å². The van der Waals surface area contributed by atoms with Crippen molar-refractivity contribution in [1.82, 2.24) is 9.80 Å². The van der Waals surface area contributed by atoms with Gasteiger partial charge in [0.15, 0.2) is 5.67 Å². The normalized spacial score (nSPS) is 31.5. The second-order valence-corrected chi connectivity index (χ2v) is 7.14. The van der Waals surface area contributed by atoms with E-state index in [1.54, 1.807) is 18.2 Å². The van der Waals surface area contributed by atoms with Gasteiger partial charge in [0.25, 0.3) is 11.8 Å². The van der Waals surface area contributed by atoms with Crippen LogP contribution < -0.4 is 0 Å². The molecule has 2 heterocycles. The number of likely N-dealkylation sites (tertiary alicyclic amines) is 1. The van der Waals surface area contributed by atoms with E-state index in [0.717, 1.165) is 18.7 Å². The highest BCUT2D eigenvalue weighted by Crippen LogP contribution is 2.65. The van der Waals surface area contributed by atoms with E-state index in [-0.39, 0.29) is 18.9 Å². The van der Waals surface area contributed by atoms with Crippen LogP contribution in [-0.2, 0) is 11.3 Å². The monoisotopic (exact) mass is 354 g/mol. The van der Waals surface area contributed by atoms with Crippen LogP contribution in [-0.4, -0.2) is 66.7 Å². The Labute approximate surface area is 144 Å². The summed E-state index contributed by atoms with van der Waals surface area (Å²) in [6.07, 6.45) is 0.0166. The van der Waals surface area contributed by atoms with Gasteiger partial charge in [-0.05, 0) is 24.1 Å². The van der Waals surface area contributed by atoms with E-state index < -0.39 is 24.1 Å². The van der Waals surface area contributed by atoms with Gasteiger partial charge in [0.05, 0.1) is 25.7 Å². The standard InChI is InChI=1S/C18H21F3N2O2/c19-17-12-23(5-4-15(17)18(17,20)21)16(24)14-3-1-2-13(10-14)11-22-6-8-25-9-7-22/h1-3,10,15H,4-9,11-12H2. The molecule has 1 saturated carbocycles. The molecule has 2 saturated heterocycles. The summed E-state index contributed by atoms with van der Waals surface area (Å²) in [4.78, 5) is 16.1. The van der Waals surface area contributed by atoms with Crippen LogP contribution in [0.4, 0.5) is 13.2 Å². The fraction of sp³-hybridized carbons (Fsp3) is 0.611. The van der Waals surface area contributed by atoms with Crippen LogP contribution >= 0.6 is 0 Å². The summed E-state index contributed by atoms with van der Waals surface area (Å²) >= 11 is 0. The molecule has 1 aromatic carbocycles. The Kier molecular flexibility index (Phi) is 4.03. The van der Waals surface area contributed by atoms with Crippen molar-refractivity contribution in [3.8, 4) is 0 Å². The highest BCUT2D eigenvalue weighted by Gasteiger charge is 2.83. The zero-order valence-electron chi connectivity index (χ0n) is 13.9. The number of halogens is 3. The minimum atomic E-state index is -3.29. The number of carbonyl (C=O) groups is 1. The summed E-state index contributed by atoms with van der Waals surface area (Å²) < 4.78 is 46.6. The molecule has 0 aromatic heterocycles. The van der Waals surface area contributed by atoms with Crippen LogP contribution in [0.15, 0.2) is 24.3 Å². The minimum Gasteiger partial charge on any atom is -0.379 e. The van der Waals surface area contributed by atoms with Crippen LogP contribution in [0.5, 0.6) is 0 Å². The number of nitrogens with zero attached hydrogens (tertiary/aromatic N) is 2. The van der Waals surface area contributed by atoms with Crippen molar-refractivity contribution in [2.75, 3.05) is 39.4 Å². The first-order valence-electron chi connectivity index (χ1n) is 8.67. The van der Waals surface area contributed by atoms with Gasteiger partial charge in [-0.25, -0.2) is 13.2 Å². The number of ether oxygens (including phenoxy) is 1. The van der Waals surface area contributed by atoms with Gasteiger partial charge in [0.1, 0.15) is 0 Å². The topological polar surface area (TPSA) is 32.8 Å². The number of hydrogen-bond acceptors (Lipinski definition) is 3. The van der Waals surface area contributed by atoms with Gasteiger partial charge in [-0.3, -0.25) is 9.69 Å². The zero-order chi connectivity index (χ0) is 17.7. The molecule has 0 radical (unpaired) electrons. The molecular weight excluding hydrogens is 333 g/mol. The van der Waals surface area contributed by atoms with Gasteiger partial charge < -0.3 is 9.64 Å². The molecule has 7 heteroatoms. The fourth-order valence-electron chi connectivity index (χ4n) is 3.94. The van der Waals surface area contributed by atoms with Crippen molar-refractivity contribution >= 4 is 5.91 Å². The quantitative estimate of drug-likeness (QED) is 0.835. The summed E-state index contributed by atoms with van der Waals surface area (Å²) in [5.41, 5.74) is -1.13. The Hall–Kier alpha value is -1.60. The van der Waals surface area contributed by atoms with Crippen molar-refractivity contribution in [2.24, 2.45) is 5.92 Å². The summed E-state index contributed by atoms with van der Waals surface area (Å²) in [7, 11) is 0. The van der Waals surface area contributed by atoms with Crippen LogP contribution in [0.1, 0.15) is 22.3 Å². The number of morpholine rings is 1. The number of rotatable bonds is 3. The molecule has 4 nitrogen and oxygen atoms in total. The molecule has 1 amide bonds. The number of amides is 1. The predicted octanol–water partition coefficient (Wildman–Crippen LogP) is 2.34. The molecule has 2 atom stereocenters. The number of carbonyl (C=O) groups excluding carboxylic acids is 1. The zero-order valence-corrected chi connectivity index (χ0v) is 13.9. The van der Waals surface area contributed by atoms with Crippen molar-refractivity contribution < 1.29 is 22.7 Å².